The van der Waals surface area contributed by atoms with Crippen molar-refractivity contribution >= 4 is 11.5 Å². The summed E-state index contributed by atoms with van der Waals surface area (Å²) in [4.78, 5) is 6.52. The first-order chi connectivity index (χ1) is 8.76. The monoisotopic (exact) mass is 248 g/mol. The van der Waals surface area contributed by atoms with Gasteiger partial charge in [0.05, 0.1) is 0 Å². The summed E-state index contributed by atoms with van der Waals surface area (Å²) >= 11 is 0. The highest BCUT2D eigenvalue weighted by Crippen LogP contribution is 2.26. The Labute approximate surface area is 107 Å². The van der Waals surface area contributed by atoms with Crippen LogP contribution in [0.2, 0.25) is 0 Å². The minimum Gasteiger partial charge on any atom is -0.409 e. The van der Waals surface area contributed by atoms with Crippen molar-refractivity contribution in [3.8, 4) is 0 Å². The van der Waals surface area contributed by atoms with Gasteiger partial charge in [0.1, 0.15) is 5.69 Å². The first kappa shape index (κ1) is 12.7. The van der Waals surface area contributed by atoms with Crippen LogP contribution in [0.15, 0.2) is 23.5 Å². The lowest BCUT2D eigenvalue weighted by atomic mass is 9.99. The summed E-state index contributed by atoms with van der Waals surface area (Å²) in [5.41, 5.74) is 7.21. The van der Waals surface area contributed by atoms with E-state index in [-0.39, 0.29) is 5.84 Å². The highest BCUT2D eigenvalue weighted by Gasteiger charge is 2.21. The van der Waals surface area contributed by atoms with Crippen LogP contribution in [0.5, 0.6) is 0 Å². The van der Waals surface area contributed by atoms with Gasteiger partial charge in [-0.25, -0.2) is 0 Å². The molecule has 1 saturated heterocycles. The average Bonchev–Trinajstić information content (AvgIpc) is 2.46. The van der Waals surface area contributed by atoms with Crippen LogP contribution in [0.3, 0.4) is 0 Å². The molecule has 1 aromatic rings. The Bertz CT molecular complexity index is 433. The molecular formula is C13H20N4O. The summed E-state index contributed by atoms with van der Waals surface area (Å²) in [6.45, 7) is 3.28. The van der Waals surface area contributed by atoms with E-state index in [9.17, 15) is 0 Å². The zero-order valence-electron chi connectivity index (χ0n) is 10.7. The number of nitrogens with two attached hydrogens (primary N) is 1. The molecule has 0 radical (unpaired) electrons. The fraction of sp³-hybridized carbons (Fsp3) is 0.538. The van der Waals surface area contributed by atoms with E-state index in [1.54, 1.807) is 6.20 Å². The van der Waals surface area contributed by atoms with E-state index in [4.69, 9.17) is 10.9 Å². The van der Waals surface area contributed by atoms with Crippen molar-refractivity contribution in [1.82, 2.24) is 4.98 Å². The molecule has 18 heavy (non-hydrogen) atoms. The van der Waals surface area contributed by atoms with Crippen molar-refractivity contribution in [2.45, 2.75) is 38.6 Å². The molecule has 1 aromatic heterocycles. The normalized spacial score (nSPS) is 21.1. The quantitative estimate of drug-likeness (QED) is 0.371. The molecule has 2 rings (SSSR count). The van der Waals surface area contributed by atoms with Gasteiger partial charge in [-0.15, -0.1) is 0 Å². The summed E-state index contributed by atoms with van der Waals surface area (Å²) in [5, 5.41) is 11.7. The minimum absolute atomic E-state index is 0.0573. The molecule has 1 atom stereocenters. The van der Waals surface area contributed by atoms with E-state index in [1.165, 1.54) is 19.3 Å². The highest BCUT2D eigenvalue weighted by atomic mass is 16.4. The number of hydrogen-bond acceptors (Lipinski definition) is 4. The van der Waals surface area contributed by atoms with E-state index >= 15 is 0 Å². The molecule has 5 heteroatoms. The van der Waals surface area contributed by atoms with Gasteiger partial charge in [-0.05, 0) is 37.8 Å². The smallest absolute Gasteiger partial charge is 0.188 e. The lowest BCUT2D eigenvalue weighted by Gasteiger charge is -2.37. The standard InChI is InChI=1S/C13H20N4O/c1-2-10-5-3-4-8-17(10)11-6-7-15-12(9-11)13(14)16-18/h6-7,9-10,18H,2-5,8H2,1H3,(H2,14,16). The topological polar surface area (TPSA) is 74.7 Å². The maximum Gasteiger partial charge on any atom is 0.188 e. The molecule has 3 N–H and O–H groups in total. The van der Waals surface area contributed by atoms with Gasteiger partial charge in [-0.3, -0.25) is 4.98 Å². The third-order valence-electron chi connectivity index (χ3n) is 3.54. The van der Waals surface area contributed by atoms with Gasteiger partial charge in [-0.1, -0.05) is 12.1 Å². The third-order valence-corrected chi connectivity index (χ3v) is 3.54. The molecule has 0 amide bonds. The van der Waals surface area contributed by atoms with Crippen molar-refractivity contribution in [3.63, 3.8) is 0 Å². The molecule has 1 aliphatic rings. The molecule has 98 valence electrons. The van der Waals surface area contributed by atoms with Gasteiger partial charge < -0.3 is 15.8 Å². The Balaban J connectivity index is 2.26. The van der Waals surface area contributed by atoms with Gasteiger partial charge in [0.25, 0.3) is 0 Å². The number of anilines is 1. The van der Waals surface area contributed by atoms with Crippen LogP contribution in [-0.2, 0) is 0 Å². The summed E-state index contributed by atoms with van der Waals surface area (Å²) in [6, 6.07) is 4.46. The molecule has 0 saturated carbocycles. The molecule has 0 bridgehead atoms. The molecule has 0 aliphatic carbocycles. The first-order valence-electron chi connectivity index (χ1n) is 6.47. The third kappa shape index (κ3) is 2.55. The zero-order chi connectivity index (χ0) is 13.0. The summed E-state index contributed by atoms with van der Waals surface area (Å²) in [5.74, 6) is 0.0573. The van der Waals surface area contributed by atoms with Crippen LogP contribution in [0.4, 0.5) is 5.69 Å². The average molecular weight is 248 g/mol. The highest BCUT2D eigenvalue weighted by molar-refractivity contribution is 5.95. The van der Waals surface area contributed by atoms with Gasteiger partial charge in [0, 0.05) is 24.5 Å². The SMILES string of the molecule is CCC1CCCCN1c1ccnc(C(N)=NO)c1. The van der Waals surface area contributed by atoms with Crippen molar-refractivity contribution in [1.29, 1.82) is 0 Å². The Morgan fingerprint density at radius 3 is 3.17 bits per heavy atom. The van der Waals surface area contributed by atoms with E-state index in [0.717, 1.165) is 18.7 Å². The number of pyridine rings is 1. The Morgan fingerprint density at radius 2 is 2.44 bits per heavy atom. The molecule has 1 aliphatic heterocycles. The molecular weight excluding hydrogens is 228 g/mol. The van der Waals surface area contributed by atoms with E-state index in [2.05, 4.69) is 22.0 Å². The zero-order valence-corrected chi connectivity index (χ0v) is 10.7. The number of rotatable bonds is 3. The Kier molecular flexibility index (Phi) is 4.02. The minimum atomic E-state index is 0.0573. The largest absolute Gasteiger partial charge is 0.409 e. The predicted molar refractivity (Wildman–Crippen MR) is 72.0 cm³/mol. The number of amidine groups is 1. The fourth-order valence-electron chi connectivity index (χ4n) is 2.55. The number of aromatic nitrogens is 1. The molecule has 2 heterocycles. The van der Waals surface area contributed by atoms with Crippen molar-refractivity contribution in [2.75, 3.05) is 11.4 Å². The molecule has 0 aromatic carbocycles. The van der Waals surface area contributed by atoms with Crippen molar-refractivity contribution in [3.05, 3.63) is 24.0 Å². The second-order valence-corrected chi connectivity index (χ2v) is 4.64. The lowest BCUT2D eigenvalue weighted by Crippen LogP contribution is -2.39. The predicted octanol–water partition coefficient (Wildman–Crippen LogP) is 1.95. The lowest BCUT2D eigenvalue weighted by molar-refractivity contribution is 0.318. The number of oxime groups is 1. The van der Waals surface area contributed by atoms with Crippen LogP contribution in [-0.4, -0.2) is 28.6 Å². The molecule has 0 spiro atoms. The van der Waals surface area contributed by atoms with Crippen LogP contribution in [0.25, 0.3) is 0 Å². The Hall–Kier alpha value is -1.78. The van der Waals surface area contributed by atoms with Crippen molar-refractivity contribution < 1.29 is 5.21 Å². The summed E-state index contributed by atoms with van der Waals surface area (Å²) < 4.78 is 0. The number of piperidine rings is 1. The van der Waals surface area contributed by atoms with Gasteiger partial charge >= 0.3 is 0 Å². The van der Waals surface area contributed by atoms with Gasteiger partial charge in [0.2, 0.25) is 0 Å². The maximum atomic E-state index is 8.70. The van der Waals surface area contributed by atoms with Crippen LogP contribution in [0.1, 0.15) is 38.3 Å². The molecule has 1 fully saturated rings. The van der Waals surface area contributed by atoms with Crippen LogP contribution >= 0.6 is 0 Å². The first-order valence-corrected chi connectivity index (χ1v) is 6.47. The molecule has 1 unspecified atom stereocenters. The Morgan fingerprint density at radius 1 is 1.61 bits per heavy atom. The van der Waals surface area contributed by atoms with E-state index in [0.29, 0.717) is 11.7 Å². The number of hydrogen-bond donors (Lipinski definition) is 2. The second-order valence-electron chi connectivity index (χ2n) is 4.64. The van der Waals surface area contributed by atoms with Gasteiger partial charge in [-0.2, -0.15) is 0 Å². The van der Waals surface area contributed by atoms with Crippen LogP contribution in [0, 0.1) is 0 Å². The van der Waals surface area contributed by atoms with Gasteiger partial charge in [0.15, 0.2) is 5.84 Å². The van der Waals surface area contributed by atoms with E-state index in [1.807, 2.05) is 12.1 Å². The maximum absolute atomic E-state index is 8.70. The second kappa shape index (κ2) is 5.71. The van der Waals surface area contributed by atoms with Crippen LogP contribution < -0.4 is 10.6 Å². The fourth-order valence-corrected chi connectivity index (χ4v) is 2.55. The van der Waals surface area contributed by atoms with Crippen molar-refractivity contribution in [2.24, 2.45) is 10.9 Å². The number of nitrogens with zero attached hydrogens (tertiary/aromatic N) is 3. The summed E-state index contributed by atoms with van der Waals surface area (Å²) in [6.07, 6.45) is 6.61. The van der Waals surface area contributed by atoms with E-state index < -0.39 is 0 Å². The summed E-state index contributed by atoms with van der Waals surface area (Å²) in [7, 11) is 0. The molecule has 5 nitrogen and oxygen atoms in total.